The van der Waals surface area contributed by atoms with Crippen molar-refractivity contribution >= 4 is 23.4 Å². The zero-order chi connectivity index (χ0) is 14.8. The first kappa shape index (κ1) is 13.2. The van der Waals surface area contributed by atoms with E-state index in [9.17, 15) is 9.59 Å². The third-order valence-corrected chi connectivity index (χ3v) is 3.36. The van der Waals surface area contributed by atoms with Crippen molar-refractivity contribution in [3.05, 3.63) is 54.1 Å². The molecule has 1 aliphatic heterocycles. The highest BCUT2D eigenvalue weighted by atomic mass is 16.6. The van der Waals surface area contributed by atoms with Crippen LogP contribution < -0.4 is 15.0 Å². The summed E-state index contributed by atoms with van der Waals surface area (Å²) in [5.74, 6) is 0.528. The molecule has 0 bridgehead atoms. The normalized spacial score (nSPS) is 13.0. The Hall–Kier alpha value is -2.82. The van der Waals surface area contributed by atoms with E-state index in [1.54, 1.807) is 48.3 Å². The summed E-state index contributed by atoms with van der Waals surface area (Å²) in [5.41, 5.74) is 2.39. The number of hydrogen-bond acceptors (Lipinski definition) is 3. The number of benzene rings is 2. The summed E-state index contributed by atoms with van der Waals surface area (Å²) in [7, 11) is 1.74. The fourth-order valence-corrected chi connectivity index (χ4v) is 2.29. The number of nitrogens with one attached hydrogen (secondary N) is 1. The van der Waals surface area contributed by atoms with Gasteiger partial charge in [0.2, 0.25) is 5.91 Å². The zero-order valence-corrected chi connectivity index (χ0v) is 11.5. The van der Waals surface area contributed by atoms with Crippen LogP contribution in [-0.4, -0.2) is 19.0 Å². The van der Waals surface area contributed by atoms with Gasteiger partial charge in [0.1, 0.15) is 5.75 Å². The molecule has 2 aromatic rings. The molecule has 0 atom stereocenters. The van der Waals surface area contributed by atoms with Crippen molar-refractivity contribution in [3.8, 4) is 5.75 Å². The minimum atomic E-state index is -0.557. The maximum absolute atomic E-state index is 11.8. The molecule has 0 radical (unpaired) electrons. The van der Waals surface area contributed by atoms with Crippen molar-refractivity contribution in [3.63, 3.8) is 0 Å². The minimum Gasteiger partial charge on any atom is -0.410 e. The summed E-state index contributed by atoms with van der Waals surface area (Å²) < 4.78 is 5.15. The molecule has 5 heteroatoms. The smallest absolute Gasteiger partial charge is 0.410 e. The largest absolute Gasteiger partial charge is 0.417 e. The number of nitrogens with zero attached hydrogens (tertiary/aromatic N) is 1. The second-order valence-electron chi connectivity index (χ2n) is 4.80. The van der Waals surface area contributed by atoms with Crippen LogP contribution in [0.5, 0.6) is 5.75 Å². The Kier molecular flexibility index (Phi) is 3.31. The Morgan fingerprint density at radius 2 is 1.95 bits per heavy atom. The molecule has 106 valence electrons. The number of hydrogen-bond donors (Lipinski definition) is 1. The third kappa shape index (κ3) is 2.72. The Balaban J connectivity index is 1.70. The Morgan fingerprint density at radius 3 is 2.71 bits per heavy atom. The Labute approximate surface area is 122 Å². The van der Waals surface area contributed by atoms with Gasteiger partial charge < -0.3 is 9.64 Å². The van der Waals surface area contributed by atoms with Gasteiger partial charge in [-0.1, -0.05) is 18.2 Å². The molecule has 1 N–H and O–H groups in total. The van der Waals surface area contributed by atoms with Gasteiger partial charge in [0.15, 0.2) is 0 Å². The monoisotopic (exact) mass is 282 g/mol. The van der Waals surface area contributed by atoms with Gasteiger partial charge in [-0.15, -0.1) is 0 Å². The van der Waals surface area contributed by atoms with Gasteiger partial charge in [0.25, 0.3) is 0 Å². The van der Waals surface area contributed by atoms with Gasteiger partial charge in [-0.05, 0) is 35.9 Å². The van der Waals surface area contributed by atoms with Crippen molar-refractivity contribution < 1.29 is 14.3 Å². The highest BCUT2D eigenvalue weighted by molar-refractivity contribution is 6.01. The highest BCUT2D eigenvalue weighted by Crippen LogP contribution is 2.30. The molecule has 2 aromatic carbocycles. The molecule has 0 aliphatic carbocycles. The SMILES string of the molecule is CN1C(=O)Cc2cc(NC(=O)Oc3ccccc3)ccc21. The lowest BCUT2D eigenvalue weighted by molar-refractivity contribution is -0.117. The number of amides is 2. The number of carbonyl (C=O) groups excluding carboxylic acids is 2. The molecule has 1 aliphatic rings. The zero-order valence-electron chi connectivity index (χ0n) is 11.5. The number of carbonyl (C=O) groups is 2. The third-order valence-electron chi connectivity index (χ3n) is 3.36. The summed E-state index contributed by atoms with van der Waals surface area (Å²) in [6, 6.07) is 14.2. The van der Waals surface area contributed by atoms with Crippen molar-refractivity contribution in [2.24, 2.45) is 0 Å². The molecule has 0 saturated carbocycles. The van der Waals surface area contributed by atoms with Crippen molar-refractivity contribution in [2.75, 3.05) is 17.3 Å². The topological polar surface area (TPSA) is 58.6 Å². The second-order valence-corrected chi connectivity index (χ2v) is 4.80. The molecule has 0 unspecified atom stereocenters. The summed E-state index contributed by atoms with van der Waals surface area (Å²) >= 11 is 0. The standard InChI is InChI=1S/C16H14N2O3/c1-18-14-8-7-12(9-11(14)10-15(18)19)17-16(20)21-13-5-3-2-4-6-13/h2-9H,10H2,1H3,(H,17,20). The number of para-hydroxylation sites is 1. The molecular weight excluding hydrogens is 268 g/mol. The number of rotatable bonds is 2. The van der Waals surface area contributed by atoms with Crippen LogP contribution in [0.1, 0.15) is 5.56 Å². The Morgan fingerprint density at radius 1 is 1.19 bits per heavy atom. The maximum atomic E-state index is 11.8. The average Bonchev–Trinajstić information content (AvgIpc) is 2.74. The summed E-state index contributed by atoms with van der Waals surface area (Å²) in [4.78, 5) is 25.0. The molecule has 0 saturated heterocycles. The van der Waals surface area contributed by atoms with E-state index in [-0.39, 0.29) is 5.91 Å². The van der Waals surface area contributed by atoms with E-state index >= 15 is 0 Å². The van der Waals surface area contributed by atoms with Gasteiger partial charge in [0.05, 0.1) is 6.42 Å². The second kappa shape index (κ2) is 5.28. The van der Waals surface area contributed by atoms with Crippen molar-refractivity contribution in [1.82, 2.24) is 0 Å². The molecule has 1 heterocycles. The molecule has 3 rings (SSSR count). The number of ether oxygens (including phenoxy) is 1. The lowest BCUT2D eigenvalue weighted by atomic mass is 10.1. The summed E-state index contributed by atoms with van der Waals surface area (Å²) in [6.45, 7) is 0. The van der Waals surface area contributed by atoms with Crippen LogP contribution >= 0.6 is 0 Å². The number of likely N-dealkylation sites (N-methyl/N-ethyl adjacent to an activating group) is 1. The van der Waals surface area contributed by atoms with E-state index in [1.807, 2.05) is 12.1 Å². The fourth-order valence-electron chi connectivity index (χ4n) is 2.29. The van der Waals surface area contributed by atoms with Crippen molar-refractivity contribution in [1.29, 1.82) is 0 Å². The molecule has 0 fully saturated rings. The quantitative estimate of drug-likeness (QED) is 0.921. The van der Waals surface area contributed by atoms with Crippen molar-refractivity contribution in [2.45, 2.75) is 6.42 Å². The van der Waals surface area contributed by atoms with E-state index in [1.165, 1.54) is 0 Å². The molecule has 2 amide bonds. The van der Waals surface area contributed by atoms with Crippen LogP contribution in [0.3, 0.4) is 0 Å². The van der Waals surface area contributed by atoms with Crippen LogP contribution in [0.2, 0.25) is 0 Å². The predicted octanol–water partition coefficient (Wildman–Crippen LogP) is 2.82. The van der Waals surface area contributed by atoms with Gasteiger partial charge in [0, 0.05) is 18.4 Å². The van der Waals surface area contributed by atoms with Gasteiger partial charge >= 0.3 is 6.09 Å². The highest BCUT2D eigenvalue weighted by Gasteiger charge is 2.24. The lowest BCUT2D eigenvalue weighted by Gasteiger charge is -2.11. The van der Waals surface area contributed by atoms with Gasteiger partial charge in [-0.3, -0.25) is 10.1 Å². The van der Waals surface area contributed by atoms with E-state index in [0.717, 1.165) is 11.3 Å². The molecule has 0 spiro atoms. The van der Waals surface area contributed by atoms with Gasteiger partial charge in [-0.25, -0.2) is 4.79 Å². The molecule has 21 heavy (non-hydrogen) atoms. The molecule has 0 aromatic heterocycles. The first-order valence-corrected chi connectivity index (χ1v) is 6.57. The van der Waals surface area contributed by atoms with E-state index in [4.69, 9.17) is 4.74 Å². The Bertz CT molecular complexity index is 698. The van der Waals surface area contributed by atoms with E-state index in [0.29, 0.717) is 17.9 Å². The predicted molar refractivity (Wildman–Crippen MR) is 79.6 cm³/mol. The first-order valence-electron chi connectivity index (χ1n) is 6.57. The van der Waals surface area contributed by atoms with E-state index in [2.05, 4.69) is 5.32 Å². The average molecular weight is 282 g/mol. The lowest BCUT2D eigenvalue weighted by Crippen LogP contribution is -2.20. The van der Waals surface area contributed by atoms with Crippen LogP contribution in [0.4, 0.5) is 16.2 Å². The number of fused-ring (bicyclic) bond motifs is 1. The minimum absolute atomic E-state index is 0.0500. The molecule has 5 nitrogen and oxygen atoms in total. The summed E-state index contributed by atoms with van der Waals surface area (Å²) in [5, 5.41) is 2.66. The van der Waals surface area contributed by atoms with Crippen LogP contribution in [0.25, 0.3) is 0 Å². The molecular formula is C16H14N2O3. The van der Waals surface area contributed by atoms with Crippen LogP contribution in [-0.2, 0) is 11.2 Å². The van der Waals surface area contributed by atoms with E-state index < -0.39 is 6.09 Å². The van der Waals surface area contributed by atoms with Gasteiger partial charge in [-0.2, -0.15) is 0 Å². The van der Waals surface area contributed by atoms with Crippen LogP contribution in [0.15, 0.2) is 48.5 Å². The number of anilines is 2. The first-order chi connectivity index (χ1) is 10.1. The summed E-state index contributed by atoms with van der Waals surface area (Å²) in [6.07, 6.45) is -0.200. The fraction of sp³-hybridized carbons (Fsp3) is 0.125. The maximum Gasteiger partial charge on any atom is 0.417 e. The van der Waals surface area contributed by atoms with Crippen LogP contribution in [0, 0.1) is 0 Å².